The third-order valence-electron chi connectivity index (χ3n) is 5.67. The van der Waals surface area contributed by atoms with Gasteiger partial charge in [0.05, 0.1) is 17.2 Å². The molecule has 0 amide bonds. The second-order valence-electron chi connectivity index (χ2n) is 7.92. The number of rotatable bonds is 6. The first-order valence-electron chi connectivity index (χ1n) is 11.1. The standard InChI is InChI=1S/C20H25N3O3S.C4H4O4/c1-22-18-8-4-2-6-16(18)20(26-15-14-23-12-10-21-11-13-23)17-7-3-5-9-19(17)27(22,24)25;5-3(6)1-2-4(7)8/h2-9,20-21H,10-15H2,1H3;1-2H,(H,5,6)(H,7,8)/b;2-1-. The van der Waals surface area contributed by atoms with Crippen LogP contribution in [0, 0.1) is 0 Å². The van der Waals surface area contributed by atoms with Gasteiger partial charge in [-0.15, -0.1) is 0 Å². The van der Waals surface area contributed by atoms with Crippen LogP contribution in [-0.2, 0) is 24.3 Å². The van der Waals surface area contributed by atoms with E-state index in [-0.39, 0.29) is 0 Å². The predicted octanol–water partition coefficient (Wildman–Crippen LogP) is 1.55. The summed E-state index contributed by atoms with van der Waals surface area (Å²) in [5.74, 6) is -2.51. The second kappa shape index (κ2) is 11.9. The Balaban J connectivity index is 0.000000371. The summed E-state index contributed by atoms with van der Waals surface area (Å²) in [7, 11) is -2.01. The van der Waals surface area contributed by atoms with E-state index in [1.165, 1.54) is 4.31 Å². The number of nitrogens with zero attached hydrogens (tertiary/aromatic N) is 2. The lowest BCUT2D eigenvalue weighted by atomic mass is 9.99. The van der Waals surface area contributed by atoms with Crippen molar-refractivity contribution >= 4 is 27.6 Å². The van der Waals surface area contributed by atoms with Gasteiger partial charge in [0, 0.05) is 63.1 Å². The first-order valence-corrected chi connectivity index (χ1v) is 12.5. The van der Waals surface area contributed by atoms with Gasteiger partial charge in [-0.25, -0.2) is 18.0 Å². The zero-order valence-electron chi connectivity index (χ0n) is 19.3. The van der Waals surface area contributed by atoms with Crippen LogP contribution in [0.25, 0.3) is 0 Å². The van der Waals surface area contributed by atoms with Crippen LogP contribution >= 0.6 is 0 Å². The third kappa shape index (κ3) is 6.67. The van der Waals surface area contributed by atoms with Crippen molar-refractivity contribution in [2.24, 2.45) is 0 Å². The van der Waals surface area contributed by atoms with Crippen molar-refractivity contribution in [2.45, 2.75) is 11.0 Å². The zero-order chi connectivity index (χ0) is 25.4. The molecular formula is C24H29N3O7S. The molecular weight excluding hydrogens is 474 g/mol. The summed E-state index contributed by atoms with van der Waals surface area (Å²) >= 11 is 0. The molecule has 11 heteroatoms. The van der Waals surface area contributed by atoms with E-state index in [2.05, 4.69) is 10.2 Å². The van der Waals surface area contributed by atoms with Crippen LogP contribution in [-0.4, -0.2) is 81.8 Å². The quantitative estimate of drug-likeness (QED) is 0.502. The van der Waals surface area contributed by atoms with E-state index in [1.54, 1.807) is 19.2 Å². The molecule has 35 heavy (non-hydrogen) atoms. The van der Waals surface area contributed by atoms with Crippen LogP contribution in [0.3, 0.4) is 0 Å². The molecule has 1 atom stereocenters. The van der Waals surface area contributed by atoms with Crippen LogP contribution in [0.1, 0.15) is 17.2 Å². The molecule has 4 rings (SSSR count). The van der Waals surface area contributed by atoms with Crippen molar-refractivity contribution < 1.29 is 33.0 Å². The number of aliphatic carboxylic acids is 2. The Labute approximate surface area is 204 Å². The number of carboxylic acid groups (broad SMARTS) is 2. The van der Waals surface area contributed by atoms with Gasteiger partial charge in [0.1, 0.15) is 6.10 Å². The highest BCUT2D eigenvalue weighted by Gasteiger charge is 2.35. The van der Waals surface area contributed by atoms with E-state index in [9.17, 15) is 18.0 Å². The van der Waals surface area contributed by atoms with Crippen molar-refractivity contribution in [1.82, 2.24) is 10.2 Å². The van der Waals surface area contributed by atoms with Crippen molar-refractivity contribution in [3.05, 3.63) is 71.8 Å². The Morgan fingerprint density at radius 3 is 2.20 bits per heavy atom. The summed E-state index contributed by atoms with van der Waals surface area (Å²) in [6.07, 6.45) is 0.713. The van der Waals surface area contributed by atoms with Crippen LogP contribution in [0.15, 0.2) is 65.6 Å². The predicted molar refractivity (Wildman–Crippen MR) is 130 cm³/mol. The fraction of sp³-hybridized carbons (Fsp3) is 0.333. The Bertz CT molecular complexity index is 1160. The molecule has 1 saturated heterocycles. The summed E-state index contributed by atoms with van der Waals surface area (Å²) in [5, 5.41) is 19.0. The monoisotopic (exact) mass is 503 g/mol. The zero-order valence-corrected chi connectivity index (χ0v) is 20.1. The number of hydrogen-bond donors (Lipinski definition) is 3. The lowest BCUT2D eigenvalue weighted by Crippen LogP contribution is -2.44. The Hall–Kier alpha value is -3.25. The fourth-order valence-corrected chi connectivity index (χ4v) is 5.37. The Morgan fingerprint density at radius 2 is 1.57 bits per heavy atom. The highest BCUT2D eigenvalue weighted by Crippen LogP contribution is 2.41. The highest BCUT2D eigenvalue weighted by atomic mass is 32.2. The molecule has 0 saturated carbocycles. The van der Waals surface area contributed by atoms with E-state index in [4.69, 9.17) is 14.9 Å². The van der Waals surface area contributed by atoms with Crippen molar-refractivity contribution in [3.8, 4) is 0 Å². The molecule has 2 aliphatic heterocycles. The van der Waals surface area contributed by atoms with E-state index in [1.807, 2.05) is 36.4 Å². The second-order valence-corrected chi connectivity index (χ2v) is 9.86. The van der Waals surface area contributed by atoms with Crippen LogP contribution in [0.5, 0.6) is 0 Å². The normalized spacial score (nSPS) is 19.1. The summed E-state index contributed by atoms with van der Waals surface area (Å²) in [4.78, 5) is 21.8. The average molecular weight is 504 g/mol. The molecule has 1 unspecified atom stereocenters. The molecule has 2 aliphatic rings. The Morgan fingerprint density at radius 1 is 1.00 bits per heavy atom. The van der Waals surface area contributed by atoms with E-state index < -0.39 is 28.1 Å². The fourth-order valence-electron chi connectivity index (χ4n) is 3.93. The van der Waals surface area contributed by atoms with Gasteiger partial charge in [-0.2, -0.15) is 0 Å². The van der Waals surface area contributed by atoms with Gasteiger partial charge in [-0.05, 0) is 12.1 Å². The number of para-hydroxylation sites is 1. The molecule has 188 valence electrons. The molecule has 2 heterocycles. The molecule has 0 aliphatic carbocycles. The number of piperazine rings is 1. The number of anilines is 1. The summed E-state index contributed by atoms with van der Waals surface area (Å²) < 4.78 is 33.9. The topological polar surface area (TPSA) is 136 Å². The van der Waals surface area contributed by atoms with E-state index in [0.717, 1.165) is 38.3 Å². The van der Waals surface area contributed by atoms with Gasteiger partial charge in [-0.1, -0.05) is 36.4 Å². The molecule has 0 aromatic heterocycles. The van der Waals surface area contributed by atoms with E-state index >= 15 is 0 Å². The maximum Gasteiger partial charge on any atom is 0.328 e. The van der Waals surface area contributed by atoms with Crippen molar-refractivity contribution in [1.29, 1.82) is 0 Å². The van der Waals surface area contributed by atoms with Gasteiger partial charge in [-0.3, -0.25) is 9.21 Å². The third-order valence-corrected chi connectivity index (χ3v) is 7.51. The molecule has 3 N–H and O–H groups in total. The first-order chi connectivity index (χ1) is 16.7. The minimum Gasteiger partial charge on any atom is -0.478 e. The summed E-state index contributed by atoms with van der Waals surface area (Å²) in [5.41, 5.74) is 2.25. The van der Waals surface area contributed by atoms with Gasteiger partial charge in [0.15, 0.2) is 0 Å². The number of hydrogen-bond acceptors (Lipinski definition) is 7. The average Bonchev–Trinajstić information content (AvgIpc) is 2.92. The summed E-state index contributed by atoms with van der Waals surface area (Å²) in [6.45, 7) is 5.41. The number of carboxylic acids is 2. The molecule has 2 aromatic rings. The number of sulfonamides is 1. The van der Waals surface area contributed by atoms with E-state index in [0.29, 0.717) is 34.9 Å². The van der Waals surface area contributed by atoms with Gasteiger partial charge in [0.25, 0.3) is 10.0 Å². The van der Waals surface area contributed by atoms with Crippen LogP contribution < -0.4 is 9.62 Å². The SMILES string of the molecule is CN1c2ccccc2C(OCCN2CCNCC2)c2ccccc2S1(=O)=O.O=C(O)/C=C\C(=O)O. The maximum absolute atomic E-state index is 13.1. The van der Waals surface area contributed by atoms with Crippen LogP contribution in [0.4, 0.5) is 5.69 Å². The minimum atomic E-state index is -3.61. The maximum atomic E-state index is 13.1. The molecule has 1 fully saturated rings. The smallest absolute Gasteiger partial charge is 0.328 e. The number of benzene rings is 2. The number of ether oxygens (including phenoxy) is 1. The number of carbonyl (C=O) groups is 2. The van der Waals surface area contributed by atoms with Gasteiger partial charge < -0.3 is 20.3 Å². The van der Waals surface area contributed by atoms with Gasteiger partial charge >= 0.3 is 11.9 Å². The lowest BCUT2D eigenvalue weighted by Gasteiger charge is -2.28. The number of nitrogens with one attached hydrogen (secondary N) is 1. The van der Waals surface area contributed by atoms with Crippen molar-refractivity contribution in [3.63, 3.8) is 0 Å². The molecule has 0 radical (unpaired) electrons. The lowest BCUT2D eigenvalue weighted by molar-refractivity contribution is -0.134. The first kappa shape index (κ1) is 26.4. The Kier molecular flexibility index (Phi) is 8.99. The summed E-state index contributed by atoms with van der Waals surface area (Å²) in [6, 6.07) is 14.7. The largest absolute Gasteiger partial charge is 0.478 e. The number of fused-ring (bicyclic) bond motifs is 2. The molecule has 10 nitrogen and oxygen atoms in total. The minimum absolute atomic E-state index is 0.316. The molecule has 0 bridgehead atoms. The molecule has 2 aromatic carbocycles. The van der Waals surface area contributed by atoms with Crippen molar-refractivity contribution in [2.75, 3.05) is 50.7 Å². The highest BCUT2D eigenvalue weighted by molar-refractivity contribution is 7.92. The van der Waals surface area contributed by atoms with Gasteiger partial charge in [0.2, 0.25) is 0 Å². The van der Waals surface area contributed by atoms with Crippen LogP contribution in [0.2, 0.25) is 0 Å². The molecule has 0 spiro atoms.